The number of esters is 1. The summed E-state index contributed by atoms with van der Waals surface area (Å²) in [6.07, 6.45) is 0.714. The number of carbonyl (C=O) groups excluding carboxylic acids is 1. The lowest BCUT2D eigenvalue weighted by Crippen LogP contribution is -2.11. The highest BCUT2D eigenvalue weighted by atomic mass is 16.5. The molecule has 29 heavy (non-hydrogen) atoms. The number of nitrogens with one attached hydrogen (secondary N) is 1. The van der Waals surface area contributed by atoms with E-state index >= 15 is 0 Å². The molecule has 0 aliphatic carbocycles. The van der Waals surface area contributed by atoms with Crippen molar-refractivity contribution in [2.75, 3.05) is 12.4 Å². The van der Waals surface area contributed by atoms with Crippen LogP contribution in [-0.2, 0) is 11.2 Å². The third-order valence-electron chi connectivity index (χ3n) is 5.17. The third kappa shape index (κ3) is 2.88. The number of rotatable bonds is 4. The number of nitriles is 1. The topological polar surface area (TPSA) is 79.4 Å². The summed E-state index contributed by atoms with van der Waals surface area (Å²) in [6, 6.07) is 17.3. The maximum Gasteiger partial charge on any atom is 0.339 e. The summed E-state index contributed by atoms with van der Waals surface area (Å²) in [5, 5.41) is 13.2. The molecule has 0 atom stereocenters. The van der Waals surface area contributed by atoms with Crippen LogP contribution in [0.3, 0.4) is 0 Å². The number of benzene rings is 2. The molecule has 2 aromatic heterocycles. The Hall–Kier alpha value is -3.85. The fourth-order valence-corrected chi connectivity index (χ4v) is 3.76. The summed E-state index contributed by atoms with van der Waals surface area (Å²) in [7, 11) is 1.37. The average Bonchev–Trinajstić information content (AvgIpc) is 3.13. The fraction of sp³-hybridized carbons (Fsp3) is 0.174. The first-order valence-electron chi connectivity index (χ1n) is 9.37. The number of hydrogen-bond acceptors (Lipinski definition) is 5. The Morgan fingerprint density at radius 2 is 1.93 bits per heavy atom. The lowest BCUT2D eigenvalue weighted by atomic mass is 10.0. The van der Waals surface area contributed by atoms with E-state index < -0.39 is 5.97 Å². The molecule has 1 N–H and O–H groups in total. The zero-order chi connectivity index (χ0) is 20.5. The third-order valence-corrected chi connectivity index (χ3v) is 5.17. The minimum Gasteiger partial charge on any atom is -0.465 e. The molecule has 4 rings (SSSR count). The quantitative estimate of drug-likeness (QED) is 0.513. The van der Waals surface area contributed by atoms with Crippen molar-refractivity contribution in [2.45, 2.75) is 20.3 Å². The Labute approximate surface area is 168 Å². The van der Waals surface area contributed by atoms with Gasteiger partial charge in [0, 0.05) is 0 Å². The van der Waals surface area contributed by atoms with Crippen molar-refractivity contribution in [2.24, 2.45) is 0 Å². The lowest BCUT2D eigenvalue weighted by Gasteiger charge is -2.19. The summed E-state index contributed by atoms with van der Waals surface area (Å²) >= 11 is 0. The molecule has 0 amide bonds. The Morgan fingerprint density at radius 1 is 1.21 bits per heavy atom. The second-order valence-electron chi connectivity index (χ2n) is 6.71. The van der Waals surface area contributed by atoms with Crippen molar-refractivity contribution >= 4 is 34.2 Å². The Morgan fingerprint density at radius 3 is 2.66 bits per heavy atom. The molecule has 0 bridgehead atoms. The number of nitrogens with zero attached hydrogens (tertiary/aromatic N) is 3. The number of carbonyl (C=O) groups is 1. The van der Waals surface area contributed by atoms with Gasteiger partial charge in [-0.1, -0.05) is 31.2 Å². The van der Waals surface area contributed by atoms with Crippen LogP contribution in [0.1, 0.15) is 34.0 Å². The Bertz CT molecular complexity index is 1300. The molecule has 6 nitrogen and oxygen atoms in total. The largest absolute Gasteiger partial charge is 0.465 e. The van der Waals surface area contributed by atoms with E-state index in [-0.39, 0.29) is 0 Å². The molecule has 0 spiro atoms. The Kier molecular flexibility index (Phi) is 4.65. The van der Waals surface area contributed by atoms with E-state index in [0.29, 0.717) is 28.9 Å². The molecule has 0 unspecified atom stereocenters. The van der Waals surface area contributed by atoms with Crippen LogP contribution in [0.4, 0.5) is 11.5 Å². The van der Waals surface area contributed by atoms with Crippen LogP contribution >= 0.6 is 0 Å². The minimum absolute atomic E-state index is 0.414. The maximum atomic E-state index is 12.2. The van der Waals surface area contributed by atoms with Crippen molar-refractivity contribution in [3.05, 3.63) is 70.8 Å². The number of pyridine rings is 1. The van der Waals surface area contributed by atoms with E-state index in [4.69, 9.17) is 9.72 Å². The van der Waals surface area contributed by atoms with Gasteiger partial charge < -0.3 is 10.1 Å². The van der Waals surface area contributed by atoms with Crippen LogP contribution in [0.15, 0.2) is 48.5 Å². The first-order chi connectivity index (χ1) is 14.1. The molecular formula is C23H20N4O2. The molecular weight excluding hydrogens is 364 g/mol. The maximum absolute atomic E-state index is 12.2. The lowest BCUT2D eigenvalue weighted by molar-refractivity contribution is 0.0602. The van der Waals surface area contributed by atoms with E-state index in [9.17, 15) is 10.1 Å². The highest BCUT2D eigenvalue weighted by Crippen LogP contribution is 2.33. The van der Waals surface area contributed by atoms with Crippen LogP contribution in [0, 0.1) is 18.3 Å². The molecule has 2 aromatic carbocycles. The van der Waals surface area contributed by atoms with Gasteiger partial charge in [-0.15, -0.1) is 0 Å². The highest BCUT2D eigenvalue weighted by Gasteiger charge is 2.21. The second kappa shape index (κ2) is 7.28. The molecule has 4 aromatic rings. The van der Waals surface area contributed by atoms with Crippen LogP contribution in [0.25, 0.3) is 16.7 Å². The number of hydrogen-bond donors (Lipinski definition) is 1. The summed E-state index contributed by atoms with van der Waals surface area (Å²) < 4.78 is 6.90. The molecule has 144 valence electrons. The second-order valence-corrected chi connectivity index (χ2v) is 6.71. The van der Waals surface area contributed by atoms with Crippen molar-refractivity contribution < 1.29 is 9.53 Å². The number of fused-ring (bicyclic) bond motifs is 3. The zero-order valence-corrected chi connectivity index (χ0v) is 16.5. The van der Waals surface area contributed by atoms with Crippen LogP contribution in [0.5, 0.6) is 0 Å². The van der Waals surface area contributed by atoms with Gasteiger partial charge in [0.2, 0.25) is 0 Å². The molecule has 0 saturated carbocycles. The van der Waals surface area contributed by atoms with E-state index in [0.717, 1.165) is 28.0 Å². The molecule has 0 fully saturated rings. The van der Waals surface area contributed by atoms with Gasteiger partial charge >= 0.3 is 5.97 Å². The summed E-state index contributed by atoms with van der Waals surface area (Å²) in [4.78, 5) is 17.0. The standard InChI is InChI=1S/C23H20N4O2/c1-4-15-14(2)17(13-24)22-26-19-11-7-8-12-20(19)27(22)21(15)25-18-10-6-5-9-16(18)23(28)29-3/h5-12,25H,4H2,1-3H3. The number of para-hydroxylation sites is 3. The van der Waals surface area contributed by atoms with Gasteiger partial charge in [-0.05, 0) is 48.7 Å². The summed E-state index contributed by atoms with van der Waals surface area (Å²) in [5.41, 5.74) is 5.82. The van der Waals surface area contributed by atoms with Gasteiger partial charge in [-0.3, -0.25) is 4.40 Å². The zero-order valence-electron chi connectivity index (χ0n) is 16.5. The van der Waals surface area contributed by atoms with Crippen molar-refractivity contribution in [1.29, 1.82) is 5.26 Å². The normalized spacial score (nSPS) is 10.8. The number of aromatic nitrogens is 2. The van der Waals surface area contributed by atoms with E-state index in [1.807, 2.05) is 54.6 Å². The smallest absolute Gasteiger partial charge is 0.339 e. The molecule has 0 aliphatic heterocycles. The number of ether oxygens (including phenoxy) is 1. The van der Waals surface area contributed by atoms with E-state index in [2.05, 4.69) is 11.4 Å². The van der Waals surface area contributed by atoms with Gasteiger partial charge in [-0.25, -0.2) is 9.78 Å². The Balaban J connectivity index is 2.07. The SMILES string of the molecule is CCc1c(C)c(C#N)c2nc3ccccc3n2c1Nc1ccccc1C(=O)OC. The molecule has 0 saturated heterocycles. The van der Waals surface area contributed by atoms with Gasteiger partial charge in [0.05, 0.1) is 35.0 Å². The van der Waals surface area contributed by atoms with Gasteiger partial charge in [-0.2, -0.15) is 5.26 Å². The monoisotopic (exact) mass is 384 g/mol. The summed E-state index contributed by atoms with van der Waals surface area (Å²) in [6.45, 7) is 3.99. The van der Waals surface area contributed by atoms with Crippen LogP contribution < -0.4 is 5.32 Å². The highest BCUT2D eigenvalue weighted by molar-refractivity contribution is 5.97. The first kappa shape index (κ1) is 18.5. The number of imidazole rings is 1. The van der Waals surface area contributed by atoms with Crippen LogP contribution in [0.2, 0.25) is 0 Å². The van der Waals surface area contributed by atoms with Gasteiger partial charge in [0.1, 0.15) is 11.9 Å². The summed E-state index contributed by atoms with van der Waals surface area (Å²) in [5.74, 6) is 0.382. The van der Waals surface area contributed by atoms with E-state index in [1.165, 1.54) is 7.11 Å². The number of methoxy groups -OCH3 is 1. The molecule has 0 radical (unpaired) electrons. The van der Waals surface area contributed by atoms with Crippen LogP contribution in [-0.4, -0.2) is 22.5 Å². The predicted molar refractivity (Wildman–Crippen MR) is 113 cm³/mol. The van der Waals surface area contributed by atoms with Gasteiger partial charge in [0.15, 0.2) is 5.65 Å². The molecule has 0 aliphatic rings. The molecule has 2 heterocycles. The van der Waals surface area contributed by atoms with Crippen molar-refractivity contribution in [1.82, 2.24) is 9.38 Å². The minimum atomic E-state index is -0.414. The number of anilines is 2. The average molecular weight is 384 g/mol. The van der Waals surface area contributed by atoms with Crippen molar-refractivity contribution in [3.8, 4) is 6.07 Å². The van der Waals surface area contributed by atoms with Crippen molar-refractivity contribution in [3.63, 3.8) is 0 Å². The van der Waals surface area contributed by atoms with Gasteiger partial charge in [0.25, 0.3) is 0 Å². The fourth-order valence-electron chi connectivity index (χ4n) is 3.76. The first-order valence-corrected chi connectivity index (χ1v) is 9.37. The predicted octanol–water partition coefficient (Wildman–Crippen LogP) is 4.76. The van der Waals surface area contributed by atoms with E-state index in [1.54, 1.807) is 12.1 Å². The molecule has 6 heteroatoms.